The van der Waals surface area contributed by atoms with E-state index >= 15 is 0 Å². The third kappa shape index (κ3) is 5.01. The van der Waals surface area contributed by atoms with E-state index in [1.54, 1.807) is 7.11 Å². The number of hydrogen-bond donors (Lipinski definition) is 2. The number of nitrogens with one attached hydrogen (secondary N) is 1. The fraction of sp³-hybridized carbons (Fsp3) is 0.381. The molecule has 1 amide bonds. The van der Waals surface area contributed by atoms with Gasteiger partial charge >= 0.3 is 0 Å². The minimum atomic E-state index is -0.114. The second-order valence-electron chi connectivity index (χ2n) is 6.70. The highest BCUT2D eigenvalue weighted by Crippen LogP contribution is 2.35. The van der Waals surface area contributed by atoms with Crippen molar-refractivity contribution < 1.29 is 14.3 Å². The lowest BCUT2D eigenvalue weighted by atomic mass is 9.74. The number of ether oxygens (including phenoxy) is 2. The Morgan fingerprint density at radius 2 is 1.74 bits per heavy atom. The Morgan fingerprint density at radius 1 is 1.11 bits per heavy atom. The molecule has 1 saturated heterocycles. The maximum absolute atomic E-state index is 12.6. The van der Waals surface area contributed by atoms with Gasteiger partial charge in [0, 0.05) is 37.3 Å². The van der Waals surface area contributed by atoms with E-state index < -0.39 is 0 Å². The number of halogens is 1. The van der Waals surface area contributed by atoms with Crippen molar-refractivity contribution >= 4 is 18.3 Å². The van der Waals surface area contributed by atoms with Crippen molar-refractivity contribution in [1.29, 1.82) is 0 Å². The topological polar surface area (TPSA) is 73.6 Å². The third-order valence-corrected chi connectivity index (χ3v) is 5.19. The van der Waals surface area contributed by atoms with Crippen molar-refractivity contribution in [1.82, 2.24) is 5.32 Å². The SMILES string of the molecule is COc1ccc(C2(CNC(=O)c3ccc(CN)cc3)CCOCC2)cc1.Cl. The molecule has 1 heterocycles. The zero-order valence-corrected chi connectivity index (χ0v) is 16.4. The first kappa shape index (κ1) is 21.2. The first-order valence-electron chi connectivity index (χ1n) is 8.96. The molecule has 1 fully saturated rings. The van der Waals surface area contributed by atoms with Crippen molar-refractivity contribution in [3.05, 3.63) is 65.2 Å². The van der Waals surface area contributed by atoms with Crippen molar-refractivity contribution in [2.45, 2.75) is 24.8 Å². The Bertz CT molecular complexity index is 726. The molecule has 146 valence electrons. The van der Waals surface area contributed by atoms with Crippen LogP contribution in [0.2, 0.25) is 0 Å². The molecule has 0 spiro atoms. The average Bonchev–Trinajstić information content (AvgIpc) is 2.73. The van der Waals surface area contributed by atoms with Crippen LogP contribution in [-0.4, -0.2) is 32.8 Å². The Kier molecular flexibility index (Phi) is 7.66. The molecule has 0 atom stereocenters. The van der Waals surface area contributed by atoms with Crippen LogP contribution in [0.25, 0.3) is 0 Å². The average molecular weight is 391 g/mol. The maximum Gasteiger partial charge on any atom is 0.251 e. The van der Waals surface area contributed by atoms with Gasteiger partial charge in [0.15, 0.2) is 0 Å². The van der Waals surface area contributed by atoms with Gasteiger partial charge in [-0.1, -0.05) is 24.3 Å². The normalized spacial score (nSPS) is 15.5. The summed E-state index contributed by atoms with van der Waals surface area (Å²) in [6.07, 6.45) is 1.76. The van der Waals surface area contributed by atoms with Crippen molar-refractivity contribution in [2.24, 2.45) is 5.73 Å². The Balaban J connectivity index is 0.00000261. The molecule has 3 rings (SSSR count). The molecule has 1 aliphatic heterocycles. The number of nitrogens with two attached hydrogens (primary N) is 1. The second-order valence-corrected chi connectivity index (χ2v) is 6.70. The van der Waals surface area contributed by atoms with Gasteiger partial charge in [-0.2, -0.15) is 0 Å². The standard InChI is InChI=1S/C21H26N2O3.ClH/c1-25-19-8-6-18(7-9-19)21(10-12-26-13-11-21)15-23-20(24)17-4-2-16(14-22)3-5-17;/h2-9H,10-15,22H2,1H3,(H,23,24);1H. The molecule has 5 nitrogen and oxygen atoms in total. The summed E-state index contributed by atoms with van der Waals surface area (Å²) in [5.74, 6) is 0.771. The number of rotatable bonds is 6. The van der Waals surface area contributed by atoms with Crippen LogP contribution in [0.4, 0.5) is 0 Å². The van der Waals surface area contributed by atoms with E-state index in [4.69, 9.17) is 15.2 Å². The summed E-state index contributed by atoms with van der Waals surface area (Å²) >= 11 is 0. The Labute approximate surface area is 166 Å². The van der Waals surface area contributed by atoms with Gasteiger partial charge in [-0.05, 0) is 48.2 Å². The molecule has 1 aliphatic rings. The molecule has 2 aromatic rings. The summed E-state index contributed by atoms with van der Waals surface area (Å²) in [4.78, 5) is 12.6. The lowest BCUT2D eigenvalue weighted by Gasteiger charge is -2.38. The van der Waals surface area contributed by atoms with E-state index in [0.29, 0.717) is 31.9 Å². The number of hydrogen-bond acceptors (Lipinski definition) is 4. The molecule has 2 aromatic carbocycles. The zero-order valence-electron chi connectivity index (χ0n) is 15.6. The van der Waals surface area contributed by atoms with Gasteiger partial charge < -0.3 is 20.5 Å². The smallest absolute Gasteiger partial charge is 0.251 e. The van der Waals surface area contributed by atoms with Crippen molar-refractivity contribution in [2.75, 3.05) is 26.9 Å². The van der Waals surface area contributed by atoms with Crippen LogP contribution in [0, 0.1) is 0 Å². The van der Waals surface area contributed by atoms with Crippen LogP contribution in [0.3, 0.4) is 0 Å². The minimum absolute atomic E-state index is 0. The molecular formula is C21H27ClN2O3. The Morgan fingerprint density at radius 3 is 2.30 bits per heavy atom. The van der Waals surface area contributed by atoms with Crippen LogP contribution in [-0.2, 0) is 16.7 Å². The van der Waals surface area contributed by atoms with E-state index in [1.807, 2.05) is 36.4 Å². The second kappa shape index (κ2) is 9.74. The summed E-state index contributed by atoms with van der Waals surface area (Å²) in [5, 5.41) is 3.12. The van der Waals surface area contributed by atoms with Crippen LogP contribution in [0.1, 0.15) is 34.3 Å². The van der Waals surface area contributed by atoms with E-state index in [1.165, 1.54) is 5.56 Å². The van der Waals surface area contributed by atoms with Crippen molar-refractivity contribution in [3.8, 4) is 5.75 Å². The zero-order chi connectivity index (χ0) is 18.4. The summed E-state index contributed by atoms with van der Waals surface area (Å²) in [6, 6.07) is 15.5. The number of benzene rings is 2. The predicted octanol–water partition coefficient (Wildman–Crippen LogP) is 3.05. The molecule has 0 saturated carbocycles. The summed E-state index contributed by atoms with van der Waals surface area (Å²) in [6.45, 7) is 2.46. The van der Waals surface area contributed by atoms with Crippen LogP contribution in [0.5, 0.6) is 5.75 Å². The van der Waals surface area contributed by atoms with Crippen molar-refractivity contribution in [3.63, 3.8) is 0 Å². The molecule has 0 radical (unpaired) electrons. The van der Waals surface area contributed by atoms with Gasteiger partial charge in [-0.3, -0.25) is 4.79 Å². The quantitative estimate of drug-likeness (QED) is 0.795. The van der Waals surface area contributed by atoms with E-state index in [-0.39, 0.29) is 23.7 Å². The van der Waals surface area contributed by atoms with E-state index in [2.05, 4.69) is 17.4 Å². The van der Waals surface area contributed by atoms with Gasteiger partial charge in [-0.15, -0.1) is 12.4 Å². The monoisotopic (exact) mass is 390 g/mol. The molecular weight excluding hydrogens is 364 g/mol. The summed E-state index contributed by atoms with van der Waals surface area (Å²) in [5.41, 5.74) is 8.37. The molecule has 0 aliphatic carbocycles. The number of carbonyl (C=O) groups excluding carboxylic acids is 1. The minimum Gasteiger partial charge on any atom is -0.497 e. The summed E-state index contributed by atoms with van der Waals surface area (Å²) in [7, 11) is 1.66. The van der Waals surface area contributed by atoms with E-state index in [9.17, 15) is 4.79 Å². The number of carbonyl (C=O) groups is 1. The highest BCUT2D eigenvalue weighted by molar-refractivity contribution is 5.94. The van der Waals surface area contributed by atoms with Gasteiger partial charge in [0.2, 0.25) is 0 Å². The fourth-order valence-corrected chi connectivity index (χ4v) is 3.42. The highest BCUT2D eigenvalue weighted by Gasteiger charge is 2.35. The van der Waals surface area contributed by atoms with Crippen LogP contribution >= 0.6 is 12.4 Å². The fourth-order valence-electron chi connectivity index (χ4n) is 3.42. The first-order chi connectivity index (χ1) is 12.7. The lowest BCUT2D eigenvalue weighted by molar-refractivity contribution is 0.0487. The molecule has 6 heteroatoms. The van der Waals surface area contributed by atoms with E-state index in [0.717, 1.165) is 24.2 Å². The van der Waals surface area contributed by atoms with Gasteiger partial charge in [0.1, 0.15) is 5.75 Å². The van der Waals surface area contributed by atoms with Gasteiger partial charge in [0.05, 0.1) is 7.11 Å². The predicted molar refractivity (Wildman–Crippen MR) is 109 cm³/mol. The summed E-state index contributed by atoms with van der Waals surface area (Å²) < 4.78 is 10.8. The maximum atomic E-state index is 12.6. The van der Waals surface area contributed by atoms with Crippen LogP contribution < -0.4 is 15.8 Å². The molecule has 0 unspecified atom stereocenters. The number of amides is 1. The number of methoxy groups -OCH3 is 1. The van der Waals surface area contributed by atoms with Gasteiger partial charge in [-0.25, -0.2) is 0 Å². The largest absolute Gasteiger partial charge is 0.497 e. The lowest BCUT2D eigenvalue weighted by Crippen LogP contribution is -2.44. The molecule has 3 N–H and O–H groups in total. The Hall–Kier alpha value is -2.08. The first-order valence-corrected chi connectivity index (χ1v) is 8.96. The molecule has 0 aromatic heterocycles. The van der Waals surface area contributed by atoms with Crippen LogP contribution in [0.15, 0.2) is 48.5 Å². The molecule has 27 heavy (non-hydrogen) atoms. The highest BCUT2D eigenvalue weighted by atomic mass is 35.5. The molecule has 0 bridgehead atoms. The third-order valence-electron chi connectivity index (χ3n) is 5.19. The van der Waals surface area contributed by atoms with Gasteiger partial charge in [0.25, 0.3) is 5.91 Å².